The summed E-state index contributed by atoms with van der Waals surface area (Å²) in [7, 11) is 0. The predicted octanol–water partition coefficient (Wildman–Crippen LogP) is 3.70. The zero-order chi connectivity index (χ0) is 13.8. The maximum absolute atomic E-state index is 3.58. The average Bonchev–Trinajstić information content (AvgIpc) is 2.35. The minimum Gasteiger partial charge on any atom is -0.371 e. The van der Waals surface area contributed by atoms with E-state index in [2.05, 4.69) is 56.1 Å². The van der Waals surface area contributed by atoms with E-state index in [1.54, 1.807) is 0 Å². The summed E-state index contributed by atoms with van der Waals surface area (Å²) >= 11 is 0. The Balaban J connectivity index is 2.28. The highest BCUT2D eigenvalue weighted by atomic mass is 15.1. The predicted molar refractivity (Wildman–Crippen MR) is 84.2 cm³/mol. The Bertz CT molecular complexity index is 412. The monoisotopic (exact) mass is 260 g/mol. The summed E-state index contributed by atoms with van der Waals surface area (Å²) in [5, 5.41) is 3.58. The molecule has 2 nitrogen and oxygen atoms in total. The number of aryl methyl sites for hydroxylation is 1. The molecule has 1 unspecified atom stereocenters. The molecule has 0 bridgehead atoms. The van der Waals surface area contributed by atoms with Crippen LogP contribution in [0.3, 0.4) is 0 Å². The van der Waals surface area contributed by atoms with Gasteiger partial charge in [-0.25, -0.2) is 0 Å². The van der Waals surface area contributed by atoms with Crippen molar-refractivity contribution in [2.24, 2.45) is 0 Å². The van der Waals surface area contributed by atoms with Crippen molar-refractivity contribution in [3.8, 4) is 0 Å². The van der Waals surface area contributed by atoms with Gasteiger partial charge in [0, 0.05) is 24.8 Å². The van der Waals surface area contributed by atoms with Gasteiger partial charge in [0.15, 0.2) is 0 Å². The highest BCUT2D eigenvalue weighted by Gasteiger charge is 2.18. The summed E-state index contributed by atoms with van der Waals surface area (Å²) in [5.74, 6) is 0.593. The number of hydrogen-bond acceptors (Lipinski definition) is 2. The van der Waals surface area contributed by atoms with Gasteiger partial charge in [0.1, 0.15) is 0 Å². The third kappa shape index (κ3) is 3.50. The number of benzene rings is 1. The van der Waals surface area contributed by atoms with Gasteiger partial charge in [0.25, 0.3) is 0 Å². The number of nitrogens with one attached hydrogen (secondary N) is 1. The summed E-state index contributed by atoms with van der Waals surface area (Å²) < 4.78 is 0. The van der Waals surface area contributed by atoms with Crippen LogP contribution in [0.5, 0.6) is 0 Å². The molecular formula is C17H28N2. The molecular weight excluding hydrogens is 232 g/mol. The fourth-order valence-corrected chi connectivity index (χ4v) is 2.98. The normalized spacial score (nSPS) is 21.3. The SMILES string of the molecule is Cc1cccc(C(C)C)c1N1CCCNC(C)CC1. The van der Waals surface area contributed by atoms with Gasteiger partial charge in [-0.05, 0) is 50.3 Å². The summed E-state index contributed by atoms with van der Waals surface area (Å²) in [6.45, 7) is 12.6. The first-order valence-electron chi connectivity index (χ1n) is 7.67. The number of para-hydroxylation sites is 1. The molecule has 1 atom stereocenters. The Labute approximate surface area is 118 Å². The first-order valence-corrected chi connectivity index (χ1v) is 7.67. The van der Waals surface area contributed by atoms with Crippen molar-refractivity contribution < 1.29 is 0 Å². The van der Waals surface area contributed by atoms with Gasteiger partial charge >= 0.3 is 0 Å². The van der Waals surface area contributed by atoms with Crippen molar-refractivity contribution in [2.75, 3.05) is 24.5 Å². The molecule has 1 aliphatic rings. The van der Waals surface area contributed by atoms with Gasteiger partial charge in [0.05, 0.1) is 0 Å². The van der Waals surface area contributed by atoms with Crippen molar-refractivity contribution in [3.63, 3.8) is 0 Å². The van der Waals surface area contributed by atoms with Crippen molar-refractivity contribution in [1.29, 1.82) is 0 Å². The van der Waals surface area contributed by atoms with E-state index >= 15 is 0 Å². The third-order valence-corrected chi connectivity index (χ3v) is 4.14. The Morgan fingerprint density at radius 3 is 2.79 bits per heavy atom. The van der Waals surface area contributed by atoms with Crippen LogP contribution in [0.15, 0.2) is 18.2 Å². The van der Waals surface area contributed by atoms with Crippen LogP contribution in [-0.4, -0.2) is 25.7 Å². The Kier molecular flexibility index (Phi) is 4.87. The lowest BCUT2D eigenvalue weighted by Gasteiger charge is -2.33. The smallest absolute Gasteiger partial charge is 0.0431 e. The maximum Gasteiger partial charge on any atom is 0.0431 e. The number of nitrogens with zero attached hydrogens (tertiary/aromatic N) is 1. The molecule has 1 aromatic carbocycles. The molecule has 1 fully saturated rings. The molecule has 1 heterocycles. The summed E-state index contributed by atoms with van der Waals surface area (Å²) in [6.07, 6.45) is 2.46. The molecule has 1 saturated heterocycles. The molecule has 0 spiro atoms. The molecule has 1 aliphatic heterocycles. The Morgan fingerprint density at radius 2 is 2.05 bits per heavy atom. The lowest BCUT2D eigenvalue weighted by Crippen LogP contribution is -2.39. The quantitative estimate of drug-likeness (QED) is 0.872. The van der Waals surface area contributed by atoms with E-state index in [0.717, 1.165) is 6.54 Å². The van der Waals surface area contributed by atoms with Crippen LogP contribution < -0.4 is 10.2 Å². The minimum absolute atomic E-state index is 0.593. The fraction of sp³-hybridized carbons (Fsp3) is 0.647. The van der Waals surface area contributed by atoms with Gasteiger partial charge in [0.2, 0.25) is 0 Å². The zero-order valence-electron chi connectivity index (χ0n) is 12.9. The highest BCUT2D eigenvalue weighted by Crippen LogP contribution is 2.31. The second-order valence-corrected chi connectivity index (χ2v) is 6.15. The van der Waals surface area contributed by atoms with E-state index in [1.807, 2.05) is 0 Å². The fourth-order valence-electron chi connectivity index (χ4n) is 2.98. The second-order valence-electron chi connectivity index (χ2n) is 6.15. The third-order valence-electron chi connectivity index (χ3n) is 4.14. The van der Waals surface area contributed by atoms with Gasteiger partial charge in [-0.2, -0.15) is 0 Å². The second kappa shape index (κ2) is 6.42. The number of anilines is 1. The lowest BCUT2D eigenvalue weighted by molar-refractivity contribution is 0.474. The minimum atomic E-state index is 0.593. The van der Waals surface area contributed by atoms with Gasteiger partial charge in [-0.3, -0.25) is 0 Å². The van der Waals surface area contributed by atoms with Crippen LogP contribution in [-0.2, 0) is 0 Å². The first-order chi connectivity index (χ1) is 9.09. The lowest BCUT2D eigenvalue weighted by atomic mass is 9.96. The van der Waals surface area contributed by atoms with Gasteiger partial charge in [-0.1, -0.05) is 32.0 Å². The Hall–Kier alpha value is -1.02. The van der Waals surface area contributed by atoms with Crippen LogP contribution >= 0.6 is 0 Å². The first kappa shape index (κ1) is 14.4. The van der Waals surface area contributed by atoms with Crippen molar-refractivity contribution in [3.05, 3.63) is 29.3 Å². The van der Waals surface area contributed by atoms with E-state index in [4.69, 9.17) is 0 Å². The molecule has 0 amide bonds. The summed E-state index contributed by atoms with van der Waals surface area (Å²) in [6, 6.07) is 7.38. The maximum atomic E-state index is 3.58. The van der Waals surface area contributed by atoms with E-state index in [0.29, 0.717) is 12.0 Å². The molecule has 0 radical (unpaired) electrons. The van der Waals surface area contributed by atoms with E-state index in [9.17, 15) is 0 Å². The van der Waals surface area contributed by atoms with E-state index < -0.39 is 0 Å². The molecule has 0 aromatic heterocycles. The molecule has 0 saturated carbocycles. The molecule has 19 heavy (non-hydrogen) atoms. The molecule has 0 aliphatic carbocycles. The van der Waals surface area contributed by atoms with Crippen molar-refractivity contribution in [2.45, 2.75) is 52.5 Å². The van der Waals surface area contributed by atoms with Crippen LogP contribution in [0.1, 0.15) is 50.7 Å². The molecule has 1 N–H and O–H groups in total. The van der Waals surface area contributed by atoms with Crippen LogP contribution in [0.4, 0.5) is 5.69 Å². The van der Waals surface area contributed by atoms with E-state index in [-0.39, 0.29) is 0 Å². The molecule has 2 heteroatoms. The zero-order valence-corrected chi connectivity index (χ0v) is 12.9. The van der Waals surface area contributed by atoms with Gasteiger partial charge in [-0.15, -0.1) is 0 Å². The van der Waals surface area contributed by atoms with Crippen molar-refractivity contribution >= 4 is 5.69 Å². The van der Waals surface area contributed by atoms with Crippen molar-refractivity contribution in [1.82, 2.24) is 5.32 Å². The Morgan fingerprint density at radius 1 is 1.26 bits per heavy atom. The highest BCUT2D eigenvalue weighted by molar-refractivity contribution is 5.60. The van der Waals surface area contributed by atoms with Gasteiger partial charge < -0.3 is 10.2 Å². The summed E-state index contributed by atoms with van der Waals surface area (Å²) in [5.41, 5.74) is 4.42. The topological polar surface area (TPSA) is 15.3 Å². The number of hydrogen-bond donors (Lipinski definition) is 1. The molecule has 106 valence electrons. The van der Waals surface area contributed by atoms with Crippen LogP contribution in [0, 0.1) is 6.92 Å². The number of rotatable bonds is 2. The average molecular weight is 260 g/mol. The largest absolute Gasteiger partial charge is 0.371 e. The molecule has 1 aromatic rings. The standard InChI is InChI=1S/C17H28N2/c1-13(2)16-8-5-7-14(3)17(16)19-11-6-10-18-15(4)9-12-19/h5,7-8,13,15,18H,6,9-12H2,1-4H3. The van der Waals surface area contributed by atoms with Crippen LogP contribution in [0.2, 0.25) is 0 Å². The molecule has 2 rings (SSSR count). The van der Waals surface area contributed by atoms with Crippen LogP contribution in [0.25, 0.3) is 0 Å². The van der Waals surface area contributed by atoms with E-state index in [1.165, 1.54) is 42.7 Å². The summed E-state index contributed by atoms with van der Waals surface area (Å²) in [4.78, 5) is 2.61.